The number of carbonyl (C=O) groups is 1. The van der Waals surface area contributed by atoms with E-state index in [4.69, 9.17) is 0 Å². The van der Waals surface area contributed by atoms with Gasteiger partial charge in [-0.15, -0.1) is 11.3 Å². The van der Waals surface area contributed by atoms with Crippen molar-refractivity contribution >= 4 is 17.2 Å². The molecule has 1 saturated carbocycles. The zero-order valence-electron chi connectivity index (χ0n) is 12.2. The van der Waals surface area contributed by atoms with Gasteiger partial charge in [0.05, 0.1) is 0 Å². The second-order valence-corrected chi connectivity index (χ2v) is 7.08. The Balaban J connectivity index is 1.61. The lowest BCUT2D eigenvalue weighted by Crippen LogP contribution is -2.27. The molecule has 2 aromatic rings. The van der Waals surface area contributed by atoms with E-state index >= 15 is 0 Å². The van der Waals surface area contributed by atoms with Crippen LogP contribution in [0.25, 0.3) is 0 Å². The molecule has 1 aliphatic carbocycles. The molecule has 2 atom stereocenters. The summed E-state index contributed by atoms with van der Waals surface area (Å²) in [6.45, 7) is 2.64. The molecule has 0 bridgehead atoms. The number of rotatable bonds is 4. The number of aryl methyl sites for hydroxylation is 1. The maximum atomic E-state index is 12.5. The van der Waals surface area contributed by atoms with Gasteiger partial charge in [-0.25, -0.2) is 0 Å². The number of hydrogen-bond donors (Lipinski definition) is 1. The number of benzene rings is 1. The molecule has 21 heavy (non-hydrogen) atoms. The zero-order valence-corrected chi connectivity index (χ0v) is 13.1. The minimum atomic E-state index is 0.130. The summed E-state index contributed by atoms with van der Waals surface area (Å²) in [7, 11) is 1.83. The second kappa shape index (κ2) is 5.53. The SMILES string of the molecule is Cc1ccc([C@@H]2C[C@@H]2C(=O)N(C)Cc2cccc(O)c2)s1. The summed E-state index contributed by atoms with van der Waals surface area (Å²) >= 11 is 1.79. The Hall–Kier alpha value is -1.81. The van der Waals surface area contributed by atoms with Gasteiger partial charge in [-0.05, 0) is 43.2 Å². The number of carbonyl (C=O) groups excluding carboxylic acids is 1. The molecule has 4 heteroatoms. The van der Waals surface area contributed by atoms with Gasteiger partial charge in [0.2, 0.25) is 5.91 Å². The van der Waals surface area contributed by atoms with Crippen LogP contribution in [0.5, 0.6) is 5.75 Å². The lowest BCUT2D eigenvalue weighted by atomic mass is 10.2. The second-order valence-electron chi connectivity index (χ2n) is 5.76. The summed E-state index contributed by atoms with van der Waals surface area (Å²) in [5.41, 5.74) is 0.954. The molecule has 3 nitrogen and oxygen atoms in total. The molecule has 0 unspecified atom stereocenters. The first-order valence-corrected chi connectivity index (χ1v) is 7.95. The van der Waals surface area contributed by atoms with E-state index in [2.05, 4.69) is 19.1 Å². The molecule has 1 aliphatic rings. The molecule has 1 aromatic heterocycles. The minimum absolute atomic E-state index is 0.130. The fraction of sp³-hybridized carbons (Fsp3) is 0.353. The third-order valence-corrected chi connectivity index (χ3v) is 5.07. The van der Waals surface area contributed by atoms with Crippen molar-refractivity contribution in [2.45, 2.75) is 25.8 Å². The first kappa shape index (κ1) is 14.1. The van der Waals surface area contributed by atoms with Crippen molar-refractivity contribution in [2.75, 3.05) is 7.05 Å². The first-order chi connectivity index (χ1) is 10.0. The summed E-state index contributed by atoms with van der Waals surface area (Å²) in [5, 5.41) is 9.48. The van der Waals surface area contributed by atoms with Crippen LogP contribution >= 0.6 is 11.3 Å². The minimum Gasteiger partial charge on any atom is -0.508 e. The lowest BCUT2D eigenvalue weighted by Gasteiger charge is -2.17. The van der Waals surface area contributed by atoms with Gasteiger partial charge in [0.1, 0.15) is 5.75 Å². The topological polar surface area (TPSA) is 40.5 Å². The summed E-state index contributed by atoms with van der Waals surface area (Å²) in [6.07, 6.45) is 0.961. The average Bonchev–Trinajstić information content (AvgIpc) is 3.13. The Labute approximate surface area is 128 Å². The molecule has 1 aromatic carbocycles. The van der Waals surface area contributed by atoms with Gasteiger partial charge in [0, 0.05) is 35.2 Å². The number of hydrogen-bond acceptors (Lipinski definition) is 3. The molecule has 0 saturated heterocycles. The van der Waals surface area contributed by atoms with Crippen molar-refractivity contribution in [2.24, 2.45) is 5.92 Å². The predicted molar refractivity (Wildman–Crippen MR) is 84.5 cm³/mol. The molecule has 1 heterocycles. The molecular weight excluding hydrogens is 282 g/mol. The van der Waals surface area contributed by atoms with Crippen molar-refractivity contribution in [3.8, 4) is 5.75 Å². The van der Waals surface area contributed by atoms with E-state index in [0.29, 0.717) is 12.5 Å². The fourth-order valence-electron chi connectivity index (χ4n) is 2.72. The highest BCUT2D eigenvalue weighted by Gasteiger charge is 2.45. The Morgan fingerprint density at radius 1 is 1.38 bits per heavy atom. The molecule has 0 spiro atoms. The highest BCUT2D eigenvalue weighted by molar-refractivity contribution is 7.12. The lowest BCUT2D eigenvalue weighted by molar-refractivity contribution is -0.131. The van der Waals surface area contributed by atoms with E-state index in [0.717, 1.165) is 12.0 Å². The highest BCUT2D eigenvalue weighted by atomic mass is 32.1. The van der Waals surface area contributed by atoms with Gasteiger partial charge < -0.3 is 10.0 Å². The Bertz CT molecular complexity index is 664. The molecule has 0 aliphatic heterocycles. The summed E-state index contributed by atoms with van der Waals surface area (Å²) in [5.74, 6) is 0.981. The van der Waals surface area contributed by atoms with Gasteiger partial charge in [-0.3, -0.25) is 4.79 Å². The Kier molecular flexibility index (Phi) is 3.72. The van der Waals surface area contributed by atoms with Crippen molar-refractivity contribution in [3.63, 3.8) is 0 Å². The molecule has 1 amide bonds. The Morgan fingerprint density at radius 2 is 2.19 bits per heavy atom. The van der Waals surface area contributed by atoms with Crippen molar-refractivity contribution in [1.29, 1.82) is 0 Å². The van der Waals surface area contributed by atoms with Crippen LogP contribution in [0, 0.1) is 12.8 Å². The van der Waals surface area contributed by atoms with E-state index < -0.39 is 0 Å². The first-order valence-electron chi connectivity index (χ1n) is 7.14. The zero-order chi connectivity index (χ0) is 15.0. The van der Waals surface area contributed by atoms with E-state index in [-0.39, 0.29) is 17.6 Å². The maximum absolute atomic E-state index is 12.5. The maximum Gasteiger partial charge on any atom is 0.226 e. The molecular formula is C17H19NO2S. The number of phenolic OH excluding ortho intramolecular Hbond substituents is 1. The van der Waals surface area contributed by atoms with Gasteiger partial charge >= 0.3 is 0 Å². The number of aromatic hydroxyl groups is 1. The molecule has 3 rings (SSSR count). The van der Waals surface area contributed by atoms with E-state index in [1.807, 2.05) is 13.1 Å². The van der Waals surface area contributed by atoms with Gasteiger partial charge in [0.15, 0.2) is 0 Å². The van der Waals surface area contributed by atoms with E-state index in [1.165, 1.54) is 9.75 Å². The van der Waals surface area contributed by atoms with Gasteiger partial charge in [-0.1, -0.05) is 12.1 Å². The quantitative estimate of drug-likeness (QED) is 0.938. The average molecular weight is 301 g/mol. The number of nitrogens with zero attached hydrogens (tertiary/aromatic N) is 1. The van der Waals surface area contributed by atoms with E-state index in [1.54, 1.807) is 34.4 Å². The summed E-state index contributed by atoms with van der Waals surface area (Å²) in [6, 6.07) is 11.3. The van der Waals surface area contributed by atoms with E-state index in [9.17, 15) is 9.90 Å². The van der Waals surface area contributed by atoms with Crippen molar-refractivity contribution < 1.29 is 9.90 Å². The number of phenols is 1. The van der Waals surface area contributed by atoms with Crippen molar-refractivity contribution in [3.05, 3.63) is 51.7 Å². The third-order valence-electron chi connectivity index (χ3n) is 3.94. The van der Waals surface area contributed by atoms with Crippen LogP contribution in [0.2, 0.25) is 0 Å². The summed E-state index contributed by atoms with van der Waals surface area (Å²) < 4.78 is 0. The van der Waals surface area contributed by atoms with Crippen LogP contribution in [0.15, 0.2) is 36.4 Å². The van der Waals surface area contributed by atoms with Crippen LogP contribution in [0.1, 0.15) is 27.7 Å². The molecule has 1 fully saturated rings. The predicted octanol–water partition coefficient (Wildman–Crippen LogP) is 3.52. The van der Waals surface area contributed by atoms with Crippen molar-refractivity contribution in [1.82, 2.24) is 4.90 Å². The van der Waals surface area contributed by atoms with Gasteiger partial charge in [0.25, 0.3) is 0 Å². The monoisotopic (exact) mass is 301 g/mol. The molecule has 1 N–H and O–H groups in total. The van der Waals surface area contributed by atoms with Crippen LogP contribution in [-0.2, 0) is 11.3 Å². The van der Waals surface area contributed by atoms with Crippen LogP contribution in [0.4, 0.5) is 0 Å². The fourth-order valence-corrected chi connectivity index (χ4v) is 3.78. The van der Waals surface area contributed by atoms with Crippen LogP contribution < -0.4 is 0 Å². The highest BCUT2D eigenvalue weighted by Crippen LogP contribution is 2.50. The normalized spacial score (nSPS) is 20.3. The number of amides is 1. The number of thiophene rings is 1. The smallest absolute Gasteiger partial charge is 0.226 e. The molecule has 110 valence electrons. The third kappa shape index (κ3) is 3.10. The largest absolute Gasteiger partial charge is 0.508 e. The van der Waals surface area contributed by atoms with Crippen LogP contribution in [-0.4, -0.2) is 23.0 Å². The van der Waals surface area contributed by atoms with Crippen LogP contribution in [0.3, 0.4) is 0 Å². The molecule has 0 radical (unpaired) electrons. The van der Waals surface area contributed by atoms with Gasteiger partial charge in [-0.2, -0.15) is 0 Å². The summed E-state index contributed by atoms with van der Waals surface area (Å²) in [4.78, 5) is 16.8. The Morgan fingerprint density at radius 3 is 2.86 bits per heavy atom. The standard InChI is InChI=1S/C17H19NO2S/c1-11-6-7-16(21-11)14-9-15(14)17(20)18(2)10-12-4-3-5-13(19)8-12/h3-8,14-15,19H,9-10H2,1-2H3/t14-,15+/m1/s1.